The lowest BCUT2D eigenvalue weighted by Gasteiger charge is -2.04. The minimum Gasteiger partial charge on any atom is -0.478 e. The Morgan fingerprint density at radius 2 is 1.75 bits per heavy atom. The quantitative estimate of drug-likeness (QED) is 0.850. The van der Waals surface area contributed by atoms with Crippen LogP contribution < -0.4 is 0 Å². The van der Waals surface area contributed by atoms with Crippen LogP contribution in [0.15, 0.2) is 42.7 Å². The van der Waals surface area contributed by atoms with E-state index in [9.17, 15) is 9.59 Å². The Morgan fingerprint density at radius 3 is 2.30 bits per heavy atom. The molecule has 0 radical (unpaired) electrons. The lowest BCUT2D eigenvalue weighted by molar-refractivity contribution is 0.0696. The van der Waals surface area contributed by atoms with E-state index in [0.717, 1.165) is 5.56 Å². The minimum atomic E-state index is -0.928. The molecule has 0 saturated heterocycles. The van der Waals surface area contributed by atoms with Gasteiger partial charge in [-0.05, 0) is 23.8 Å². The summed E-state index contributed by atoms with van der Waals surface area (Å²) in [4.78, 5) is 22.6. The number of carboxylic acid groups (broad SMARTS) is 1. The summed E-state index contributed by atoms with van der Waals surface area (Å²) in [7, 11) is 0. The maximum Gasteiger partial charge on any atom is 0.335 e. The van der Waals surface area contributed by atoms with Crippen LogP contribution in [0, 0.1) is 5.92 Å². The zero-order chi connectivity index (χ0) is 14.7. The van der Waals surface area contributed by atoms with Gasteiger partial charge in [0, 0.05) is 30.4 Å². The number of hydrogen-bond donors (Lipinski definition) is 1. The lowest BCUT2D eigenvalue weighted by Crippen LogP contribution is -2.06. The molecule has 0 bridgehead atoms. The Balaban J connectivity index is 2.10. The molecule has 0 amide bonds. The van der Waals surface area contributed by atoms with Gasteiger partial charge in [-0.15, -0.1) is 0 Å². The highest BCUT2D eigenvalue weighted by molar-refractivity contribution is 5.97. The van der Waals surface area contributed by atoms with Crippen LogP contribution in [0.5, 0.6) is 0 Å². The number of aromatic carboxylic acids is 1. The first kappa shape index (κ1) is 14.1. The number of ketones is 1. The van der Waals surface area contributed by atoms with Gasteiger partial charge in [0.05, 0.1) is 5.56 Å². The van der Waals surface area contributed by atoms with Crippen LogP contribution in [0.4, 0.5) is 0 Å². The third-order valence-corrected chi connectivity index (χ3v) is 3.13. The van der Waals surface area contributed by atoms with Crippen LogP contribution in [0.1, 0.15) is 40.1 Å². The van der Waals surface area contributed by atoms with Gasteiger partial charge in [-0.2, -0.15) is 0 Å². The summed E-state index contributed by atoms with van der Waals surface area (Å²) in [6.45, 7) is 4.37. The molecule has 0 fully saturated rings. The van der Waals surface area contributed by atoms with E-state index in [4.69, 9.17) is 5.11 Å². The van der Waals surface area contributed by atoms with Crippen molar-refractivity contribution in [3.63, 3.8) is 0 Å². The molecule has 20 heavy (non-hydrogen) atoms. The average Bonchev–Trinajstić information content (AvgIpc) is 2.86. The van der Waals surface area contributed by atoms with Gasteiger partial charge in [0.1, 0.15) is 0 Å². The van der Waals surface area contributed by atoms with Crippen LogP contribution in [0.25, 0.3) is 0 Å². The Kier molecular flexibility index (Phi) is 4.03. The number of benzene rings is 1. The Morgan fingerprint density at radius 1 is 1.10 bits per heavy atom. The van der Waals surface area contributed by atoms with Gasteiger partial charge in [0.2, 0.25) is 0 Å². The molecule has 0 aliphatic heterocycles. The van der Waals surface area contributed by atoms with E-state index in [1.807, 2.05) is 36.9 Å². The van der Waals surface area contributed by atoms with Crippen molar-refractivity contribution in [2.45, 2.75) is 20.4 Å². The molecule has 4 nitrogen and oxygen atoms in total. The third-order valence-electron chi connectivity index (χ3n) is 3.13. The normalized spacial score (nSPS) is 10.8. The zero-order valence-electron chi connectivity index (χ0n) is 11.5. The number of nitrogens with zero attached hydrogens (tertiary/aromatic N) is 1. The molecule has 0 atom stereocenters. The second-order valence-corrected chi connectivity index (χ2v) is 5.09. The van der Waals surface area contributed by atoms with Gasteiger partial charge in [0.15, 0.2) is 5.78 Å². The molecular formula is C16H17NO3. The maximum absolute atomic E-state index is 11.9. The summed E-state index contributed by atoms with van der Waals surface area (Å²) >= 11 is 0. The molecule has 0 saturated carbocycles. The Hall–Kier alpha value is -2.36. The Labute approximate surface area is 117 Å². The van der Waals surface area contributed by atoms with Gasteiger partial charge in [0.25, 0.3) is 0 Å². The first-order valence-corrected chi connectivity index (χ1v) is 6.49. The van der Waals surface area contributed by atoms with Crippen LogP contribution in [-0.2, 0) is 6.54 Å². The van der Waals surface area contributed by atoms with Crippen molar-refractivity contribution in [1.82, 2.24) is 4.57 Å². The second kappa shape index (κ2) is 5.74. The molecule has 0 unspecified atom stereocenters. The SMILES string of the molecule is CC(C)C(=O)c1ccn(Cc2ccc(C(=O)O)cc2)c1. The van der Waals surface area contributed by atoms with Crippen LogP contribution in [-0.4, -0.2) is 21.4 Å². The number of carbonyl (C=O) groups excluding carboxylic acids is 1. The van der Waals surface area contributed by atoms with Gasteiger partial charge in [-0.25, -0.2) is 4.79 Å². The lowest BCUT2D eigenvalue weighted by atomic mass is 10.0. The largest absolute Gasteiger partial charge is 0.478 e. The summed E-state index contributed by atoms with van der Waals surface area (Å²) in [5, 5.41) is 8.84. The summed E-state index contributed by atoms with van der Waals surface area (Å²) < 4.78 is 1.92. The second-order valence-electron chi connectivity index (χ2n) is 5.09. The highest BCUT2D eigenvalue weighted by Gasteiger charge is 2.11. The Bertz CT molecular complexity index is 623. The summed E-state index contributed by atoms with van der Waals surface area (Å²) in [6, 6.07) is 8.55. The maximum atomic E-state index is 11.9. The molecule has 2 rings (SSSR count). The van der Waals surface area contributed by atoms with Crippen LogP contribution in [0.3, 0.4) is 0 Å². The van der Waals surface area contributed by atoms with E-state index in [1.165, 1.54) is 0 Å². The van der Waals surface area contributed by atoms with Crippen molar-refractivity contribution in [1.29, 1.82) is 0 Å². The first-order valence-electron chi connectivity index (χ1n) is 6.49. The standard InChI is InChI=1S/C16H17NO3/c1-11(2)15(18)14-7-8-17(10-14)9-12-3-5-13(6-4-12)16(19)20/h3-8,10-11H,9H2,1-2H3,(H,19,20). The third kappa shape index (κ3) is 3.15. The van der Waals surface area contributed by atoms with Crippen molar-refractivity contribution in [3.8, 4) is 0 Å². The number of carboxylic acids is 1. The predicted octanol–water partition coefficient (Wildman–Crippen LogP) is 3.07. The summed E-state index contributed by atoms with van der Waals surface area (Å²) in [6.07, 6.45) is 3.69. The molecule has 1 aromatic carbocycles. The minimum absolute atomic E-state index is 0.0132. The number of hydrogen-bond acceptors (Lipinski definition) is 2. The van der Waals surface area contributed by atoms with E-state index >= 15 is 0 Å². The molecule has 4 heteroatoms. The van der Waals surface area contributed by atoms with Crippen molar-refractivity contribution >= 4 is 11.8 Å². The molecule has 1 N–H and O–H groups in total. The van der Waals surface area contributed by atoms with Crippen molar-refractivity contribution in [2.75, 3.05) is 0 Å². The zero-order valence-corrected chi connectivity index (χ0v) is 11.5. The molecule has 0 aliphatic rings. The highest BCUT2D eigenvalue weighted by atomic mass is 16.4. The fourth-order valence-corrected chi connectivity index (χ4v) is 1.98. The molecule has 0 aliphatic carbocycles. The molecular weight excluding hydrogens is 254 g/mol. The van der Waals surface area contributed by atoms with Gasteiger partial charge < -0.3 is 9.67 Å². The predicted molar refractivity (Wildman–Crippen MR) is 76.1 cm³/mol. The van der Waals surface area contributed by atoms with E-state index in [2.05, 4.69) is 0 Å². The van der Waals surface area contributed by atoms with Crippen LogP contribution in [0.2, 0.25) is 0 Å². The number of Topliss-reactive ketones (excluding diaryl/α,β-unsaturated/α-hetero) is 1. The van der Waals surface area contributed by atoms with Gasteiger partial charge in [-0.1, -0.05) is 26.0 Å². The monoisotopic (exact) mass is 271 g/mol. The average molecular weight is 271 g/mol. The van der Waals surface area contributed by atoms with Crippen LogP contribution >= 0.6 is 0 Å². The molecule has 1 heterocycles. The number of rotatable bonds is 5. The van der Waals surface area contributed by atoms with E-state index in [0.29, 0.717) is 12.1 Å². The van der Waals surface area contributed by atoms with Crippen molar-refractivity contribution in [3.05, 3.63) is 59.4 Å². The number of aromatic nitrogens is 1. The fourth-order valence-electron chi connectivity index (χ4n) is 1.98. The van der Waals surface area contributed by atoms with E-state index < -0.39 is 5.97 Å². The van der Waals surface area contributed by atoms with Crippen molar-refractivity contribution < 1.29 is 14.7 Å². The molecule has 104 valence electrons. The molecule has 2 aromatic rings. The first-order chi connectivity index (χ1) is 9.47. The van der Waals surface area contributed by atoms with Crippen molar-refractivity contribution in [2.24, 2.45) is 5.92 Å². The molecule has 0 spiro atoms. The molecule has 1 aromatic heterocycles. The fraction of sp³-hybridized carbons (Fsp3) is 0.250. The van der Waals surface area contributed by atoms with E-state index in [-0.39, 0.29) is 17.3 Å². The smallest absolute Gasteiger partial charge is 0.335 e. The number of carbonyl (C=O) groups is 2. The highest BCUT2D eigenvalue weighted by Crippen LogP contribution is 2.12. The summed E-state index contributed by atoms with van der Waals surface area (Å²) in [5.74, 6) is -0.812. The van der Waals surface area contributed by atoms with Gasteiger partial charge >= 0.3 is 5.97 Å². The van der Waals surface area contributed by atoms with E-state index in [1.54, 1.807) is 24.3 Å². The summed E-state index contributed by atoms with van der Waals surface area (Å²) in [5.41, 5.74) is 1.98. The topological polar surface area (TPSA) is 59.3 Å². The van der Waals surface area contributed by atoms with Gasteiger partial charge in [-0.3, -0.25) is 4.79 Å².